The number of amides is 2. The molecular weight excluding hydrogens is 406 g/mol. The summed E-state index contributed by atoms with van der Waals surface area (Å²) >= 11 is 6.50. The fourth-order valence-corrected chi connectivity index (χ4v) is 3.49. The predicted molar refractivity (Wildman–Crippen MR) is 119 cm³/mol. The fraction of sp³-hybridized carbons (Fsp3) is 0. The molecule has 0 aliphatic rings. The Morgan fingerprint density at radius 1 is 0.862 bits per heavy atom. The summed E-state index contributed by atoms with van der Waals surface area (Å²) in [5, 5.41) is 11.2. The van der Waals surface area contributed by atoms with Crippen molar-refractivity contribution in [3.05, 3.63) is 82.7 Å². The SMILES string of the molecule is O=C(Nc1ccc(NC(=S)NC(=O)c2cccs2)cc1)c1cc2ccccc2o1. The molecule has 0 saturated heterocycles. The van der Waals surface area contributed by atoms with Crippen LogP contribution in [0.15, 0.2) is 76.5 Å². The van der Waals surface area contributed by atoms with Crippen molar-refractivity contribution in [2.24, 2.45) is 0 Å². The van der Waals surface area contributed by atoms with E-state index in [1.54, 1.807) is 42.5 Å². The minimum Gasteiger partial charge on any atom is -0.451 e. The molecule has 0 radical (unpaired) electrons. The monoisotopic (exact) mass is 421 g/mol. The minimum atomic E-state index is -0.333. The van der Waals surface area contributed by atoms with E-state index >= 15 is 0 Å². The summed E-state index contributed by atoms with van der Waals surface area (Å²) < 4.78 is 5.57. The lowest BCUT2D eigenvalue weighted by Crippen LogP contribution is -2.33. The number of fused-ring (bicyclic) bond motifs is 1. The van der Waals surface area contributed by atoms with Gasteiger partial charge in [-0.15, -0.1) is 11.3 Å². The van der Waals surface area contributed by atoms with Crippen molar-refractivity contribution in [2.75, 3.05) is 10.6 Å². The average Bonchev–Trinajstić information content (AvgIpc) is 3.39. The van der Waals surface area contributed by atoms with Crippen LogP contribution in [0, 0.1) is 0 Å². The molecule has 144 valence electrons. The molecule has 8 heteroatoms. The summed E-state index contributed by atoms with van der Waals surface area (Å²) in [6.45, 7) is 0. The van der Waals surface area contributed by atoms with Crippen molar-refractivity contribution in [1.82, 2.24) is 5.32 Å². The summed E-state index contributed by atoms with van der Waals surface area (Å²) in [6, 6.07) is 19.6. The zero-order valence-corrected chi connectivity index (χ0v) is 16.6. The first kappa shape index (κ1) is 18.9. The molecule has 29 heavy (non-hydrogen) atoms. The quantitative estimate of drug-likeness (QED) is 0.409. The van der Waals surface area contributed by atoms with Crippen LogP contribution in [0.25, 0.3) is 11.0 Å². The van der Waals surface area contributed by atoms with Gasteiger partial charge in [0.2, 0.25) is 0 Å². The van der Waals surface area contributed by atoms with Crippen LogP contribution in [0.4, 0.5) is 11.4 Å². The summed E-state index contributed by atoms with van der Waals surface area (Å²) in [4.78, 5) is 25.0. The number of hydrogen-bond acceptors (Lipinski definition) is 5. The number of nitrogens with one attached hydrogen (secondary N) is 3. The second-order valence-corrected chi connectivity index (χ2v) is 7.42. The van der Waals surface area contributed by atoms with Crippen molar-refractivity contribution in [1.29, 1.82) is 0 Å². The second kappa shape index (κ2) is 8.26. The molecular formula is C21H15N3O3S2. The Morgan fingerprint density at radius 3 is 2.28 bits per heavy atom. The first-order valence-corrected chi connectivity index (χ1v) is 9.93. The molecule has 3 N–H and O–H groups in total. The van der Waals surface area contributed by atoms with Gasteiger partial charge >= 0.3 is 0 Å². The highest BCUT2D eigenvalue weighted by molar-refractivity contribution is 7.80. The number of thiophene rings is 1. The largest absolute Gasteiger partial charge is 0.451 e. The van der Waals surface area contributed by atoms with E-state index in [1.165, 1.54) is 11.3 Å². The standard InChI is InChI=1S/C21H15N3O3S2/c25-19(17-12-13-4-1-2-5-16(13)27-17)22-14-7-9-15(10-8-14)23-21(28)24-20(26)18-6-3-11-29-18/h1-12H,(H,22,25)(H2,23,24,26,28). The third kappa shape index (κ3) is 4.50. The molecule has 0 fully saturated rings. The van der Waals surface area contributed by atoms with Gasteiger partial charge in [-0.3, -0.25) is 14.9 Å². The zero-order chi connectivity index (χ0) is 20.2. The minimum absolute atomic E-state index is 0.197. The summed E-state index contributed by atoms with van der Waals surface area (Å²) in [5.41, 5.74) is 1.95. The van der Waals surface area contributed by atoms with E-state index < -0.39 is 0 Å². The van der Waals surface area contributed by atoms with Gasteiger partial charge < -0.3 is 15.1 Å². The molecule has 0 saturated carbocycles. The van der Waals surface area contributed by atoms with E-state index in [-0.39, 0.29) is 22.7 Å². The van der Waals surface area contributed by atoms with E-state index in [4.69, 9.17) is 16.6 Å². The van der Waals surface area contributed by atoms with E-state index in [0.29, 0.717) is 21.8 Å². The Balaban J connectivity index is 1.35. The number of benzene rings is 2. The summed E-state index contributed by atoms with van der Waals surface area (Å²) in [5.74, 6) is -0.348. The second-order valence-electron chi connectivity index (χ2n) is 6.07. The van der Waals surface area contributed by atoms with Gasteiger partial charge in [-0.2, -0.15) is 0 Å². The first-order valence-electron chi connectivity index (χ1n) is 8.64. The zero-order valence-electron chi connectivity index (χ0n) is 15.0. The number of anilines is 2. The molecule has 2 aromatic carbocycles. The van der Waals surface area contributed by atoms with E-state index in [2.05, 4.69) is 16.0 Å². The number of para-hydroxylation sites is 1. The normalized spacial score (nSPS) is 10.5. The number of hydrogen-bond donors (Lipinski definition) is 3. The van der Waals surface area contributed by atoms with Crippen LogP contribution in [0.2, 0.25) is 0 Å². The topological polar surface area (TPSA) is 83.4 Å². The molecule has 4 rings (SSSR count). The molecule has 0 spiro atoms. The Kier molecular flexibility index (Phi) is 5.37. The highest BCUT2D eigenvalue weighted by Gasteiger charge is 2.12. The molecule has 0 aliphatic carbocycles. The van der Waals surface area contributed by atoms with E-state index in [1.807, 2.05) is 29.6 Å². The summed E-state index contributed by atoms with van der Waals surface area (Å²) in [6.07, 6.45) is 0. The van der Waals surface area contributed by atoms with Gasteiger partial charge in [-0.25, -0.2) is 0 Å². The van der Waals surface area contributed by atoms with Crippen molar-refractivity contribution in [3.8, 4) is 0 Å². The molecule has 4 aromatic rings. The molecule has 2 aromatic heterocycles. The van der Waals surface area contributed by atoms with Crippen LogP contribution in [0.3, 0.4) is 0 Å². The number of rotatable bonds is 4. The van der Waals surface area contributed by atoms with Crippen LogP contribution >= 0.6 is 23.6 Å². The van der Waals surface area contributed by atoms with Gasteiger partial charge in [0, 0.05) is 16.8 Å². The molecule has 2 amide bonds. The van der Waals surface area contributed by atoms with Crippen molar-refractivity contribution >= 4 is 62.8 Å². The van der Waals surface area contributed by atoms with Gasteiger partial charge in [-0.1, -0.05) is 24.3 Å². The summed E-state index contributed by atoms with van der Waals surface area (Å²) in [7, 11) is 0. The molecule has 0 unspecified atom stereocenters. The predicted octanol–water partition coefficient (Wildman–Crippen LogP) is 4.87. The lowest BCUT2D eigenvalue weighted by atomic mass is 10.2. The lowest BCUT2D eigenvalue weighted by Gasteiger charge is -2.10. The third-order valence-corrected chi connectivity index (χ3v) is 5.09. The molecule has 6 nitrogen and oxygen atoms in total. The molecule has 0 atom stereocenters. The van der Waals surface area contributed by atoms with E-state index in [0.717, 1.165) is 5.39 Å². The maximum Gasteiger partial charge on any atom is 0.291 e. The van der Waals surface area contributed by atoms with Gasteiger partial charge in [0.15, 0.2) is 10.9 Å². The Bertz CT molecular complexity index is 1150. The van der Waals surface area contributed by atoms with Gasteiger partial charge in [0.1, 0.15) is 5.58 Å². The average molecular weight is 422 g/mol. The highest BCUT2D eigenvalue weighted by Crippen LogP contribution is 2.20. The fourth-order valence-electron chi connectivity index (χ4n) is 2.66. The number of carbonyl (C=O) groups is 2. The molecule has 0 aliphatic heterocycles. The highest BCUT2D eigenvalue weighted by atomic mass is 32.1. The smallest absolute Gasteiger partial charge is 0.291 e. The number of thiocarbonyl (C=S) groups is 1. The maximum atomic E-state index is 12.4. The van der Waals surface area contributed by atoms with Gasteiger partial charge in [0.25, 0.3) is 11.8 Å². The number of furan rings is 1. The lowest BCUT2D eigenvalue weighted by molar-refractivity contribution is 0.0978. The van der Waals surface area contributed by atoms with Crippen LogP contribution in [0.5, 0.6) is 0 Å². The van der Waals surface area contributed by atoms with E-state index in [9.17, 15) is 9.59 Å². The van der Waals surface area contributed by atoms with Crippen molar-refractivity contribution in [2.45, 2.75) is 0 Å². The Hall–Kier alpha value is -3.49. The first-order chi connectivity index (χ1) is 14.1. The molecule has 0 bridgehead atoms. The van der Waals surface area contributed by atoms with Gasteiger partial charge in [0.05, 0.1) is 4.88 Å². The Morgan fingerprint density at radius 2 is 1.59 bits per heavy atom. The molecule has 2 heterocycles. The number of carbonyl (C=O) groups excluding carboxylic acids is 2. The van der Waals surface area contributed by atoms with Crippen LogP contribution < -0.4 is 16.0 Å². The maximum absolute atomic E-state index is 12.4. The third-order valence-electron chi connectivity index (χ3n) is 4.02. The van der Waals surface area contributed by atoms with Crippen LogP contribution in [-0.2, 0) is 0 Å². The van der Waals surface area contributed by atoms with Gasteiger partial charge in [-0.05, 0) is 60.1 Å². The van der Waals surface area contributed by atoms with Crippen molar-refractivity contribution < 1.29 is 14.0 Å². The van der Waals surface area contributed by atoms with Crippen molar-refractivity contribution in [3.63, 3.8) is 0 Å². The van der Waals surface area contributed by atoms with Crippen LogP contribution in [0.1, 0.15) is 20.2 Å². The Labute approximate surface area is 175 Å². The van der Waals surface area contributed by atoms with Crippen LogP contribution in [-0.4, -0.2) is 16.9 Å².